The third kappa shape index (κ3) is 3.96. The van der Waals surface area contributed by atoms with Gasteiger partial charge in [-0.25, -0.2) is 0 Å². The predicted molar refractivity (Wildman–Crippen MR) is 85.8 cm³/mol. The van der Waals surface area contributed by atoms with Crippen molar-refractivity contribution >= 4 is 40.6 Å². The lowest BCUT2D eigenvalue weighted by Crippen LogP contribution is -2.27. The molecule has 5 nitrogen and oxygen atoms in total. The summed E-state index contributed by atoms with van der Waals surface area (Å²) in [4.78, 5) is 35.1. The van der Waals surface area contributed by atoms with Gasteiger partial charge in [-0.1, -0.05) is 35.3 Å². The normalized spacial score (nSPS) is 10.3. The summed E-state index contributed by atoms with van der Waals surface area (Å²) in [6, 6.07) is 7.84. The van der Waals surface area contributed by atoms with Crippen molar-refractivity contribution in [2.45, 2.75) is 13.5 Å². The van der Waals surface area contributed by atoms with Gasteiger partial charge in [-0.3, -0.25) is 14.4 Å². The Bertz CT molecular complexity index is 800. The van der Waals surface area contributed by atoms with Crippen LogP contribution in [-0.2, 0) is 11.3 Å². The fourth-order valence-corrected chi connectivity index (χ4v) is 2.36. The zero-order valence-electron chi connectivity index (χ0n) is 11.6. The lowest BCUT2D eigenvalue weighted by molar-refractivity contribution is -0.116. The summed E-state index contributed by atoms with van der Waals surface area (Å²) in [7, 11) is 0. The molecule has 0 bridgehead atoms. The van der Waals surface area contributed by atoms with Crippen LogP contribution in [0, 0.1) is 0 Å². The maximum Gasteiger partial charge on any atom is 0.269 e. The maximum atomic E-state index is 12.0. The van der Waals surface area contributed by atoms with Gasteiger partial charge in [0.1, 0.15) is 11.6 Å². The van der Waals surface area contributed by atoms with Crippen LogP contribution in [0.15, 0.2) is 41.3 Å². The van der Waals surface area contributed by atoms with Crippen molar-refractivity contribution in [1.29, 1.82) is 0 Å². The lowest BCUT2D eigenvalue weighted by atomic mass is 10.1. The highest BCUT2D eigenvalue weighted by molar-refractivity contribution is 6.34. The van der Waals surface area contributed by atoms with Gasteiger partial charge >= 0.3 is 0 Å². The van der Waals surface area contributed by atoms with Crippen LogP contribution >= 0.6 is 23.2 Å². The number of hydrogen-bond acceptors (Lipinski definition) is 3. The van der Waals surface area contributed by atoms with E-state index in [1.165, 1.54) is 19.2 Å². The van der Waals surface area contributed by atoms with E-state index in [-0.39, 0.29) is 22.4 Å². The number of carbonyl (C=O) groups excluding carboxylic acids is 2. The van der Waals surface area contributed by atoms with Gasteiger partial charge in [0.25, 0.3) is 5.56 Å². The maximum absolute atomic E-state index is 12.0. The smallest absolute Gasteiger partial charge is 0.269 e. The van der Waals surface area contributed by atoms with Gasteiger partial charge in [-0.2, -0.15) is 0 Å². The highest BCUT2D eigenvalue weighted by Crippen LogP contribution is 2.13. The van der Waals surface area contributed by atoms with Crippen molar-refractivity contribution in [3.05, 3.63) is 62.5 Å². The molecule has 0 aliphatic carbocycles. The highest BCUT2D eigenvalue weighted by atomic mass is 35.5. The molecule has 1 amide bonds. The van der Waals surface area contributed by atoms with Crippen molar-refractivity contribution < 1.29 is 9.59 Å². The molecule has 0 unspecified atom stereocenters. The van der Waals surface area contributed by atoms with Gasteiger partial charge in [0.05, 0.1) is 5.02 Å². The van der Waals surface area contributed by atoms with Crippen LogP contribution < -0.4 is 10.9 Å². The molecule has 114 valence electrons. The molecule has 0 spiro atoms. The monoisotopic (exact) mass is 338 g/mol. The summed E-state index contributed by atoms with van der Waals surface area (Å²) >= 11 is 11.5. The van der Waals surface area contributed by atoms with E-state index in [0.717, 1.165) is 4.57 Å². The summed E-state index contributed by atoms with van der Waals surface area (Å²) in [6.45, 7) is 1.21. The summed E-state index contributed by atoms with van der Waals surface area (Å²) in [5, 5.41) is 2.82. The topological polar surface area (TPSA) is 68.2 Å². The first-order chi connectivity index (χ1) is 10.4. The standard InChI is InChI=1S/C15H12Cl2N2O3/c1-9(20)10-3-2-4-12(5-10)18-14(21)8-19-7-11(16)6-13(17)15(19)22/h2-7H,8H2,1H3,(H,18,21). The first-order valence-electron chi connectivity index (χ1n) is 6.33. The van der Waals surface area contributed by atoms with E-state index in [0.29, 0.717) is 11.3 Å². The number of carbonyl (C=O) groups is 2. The SMILES string of the molecule is CC(=O)c1cccc(NC(=O)Cn2cc(Cl)cc(Cl)c2=O)c1. The van der Waals surface area contributed by atoms with Gasteiger partial charge in [-0.15, -0.1) is 0 Å². The quantitative estimate of drug-likeness (QED) is 0.871. The molecule has 1 aromatic carbocycles. The average molecular weight is 339 g/mol. The van der Waals surface area contributed by atoms with E-state index in [9.17, 15) is 14.4 Å². The van der Waals surface area contributed by atoms with Crippen LogP contribution in [0.3, 0.4) is 0 Å². The fraction of sp³-hybridized carbons (Fsp3) is 0.133. The zero-order valence-corrected chi connectivity index (χ0v) is 13.1. The molecule has 0 atom stereocenters. The average Bonchev–Trinajstić information content (AvgIpc) is 2.44. The van der Waals surface area contributed by atoms with Crippen LogP contribution in [0.25, 0.3) is 0 Å². The second-order valence-corrected chi connectivity index (χ2v) is 5.47. The Morgan fingerprint density at radius 1 is 1.23 bits per heavy atom. The van der Waals surface area contributed by atoms with Crippen LogP contribution in [0.1, 0.15) is 17.3 Å². The van der Waals surface area contributed by atoms with E-state index in [1.807, 2.05) is 0 Å². The van der Waals surface area contributed by atoms with Gasteiger partial charge in [0.15, 0.2) is 5.78 Å². The molecule has 0 fully saturated rings. The molecular weight excluding hydrogens is 327 g/mol. The number of pyridine rings is 1. The molecule has 0 radical (unpaired) electrons. The van der Waals surface area contributed by atoms with Crippen molar-refractivity contribution in [3.8, 4) is 0 Å². The van der Waals surface area contributed by atoms with E-state index >= 15 is 0 Å². The fourth-order valence-electron chi connectivity index (χ4n) is 1.85. The van der Waals surface area contributed by atoms with Gasteiger partial charge in [-0.05, 0) is 25.1 Å². The third-order valence-corrected chi connectivity index (χ3v) is 3.35. The molecule has 0 aliphatic rings. The number of aromatic nitrogens is 1. The molecule has 2 aromatic rings. The van der Waals surface area contributed by atoms with Crippen LogP contribution in [-0.4, -0.2) is 16.3 Å². The summed E-state index contributed by atoms with van der Waals surface area (Å²) in [6.07, 6.45) is 1.33. The number of anilines is 1. The summed E-state index contributed by atoms with van der Waals surface area (Å²) in [5.74, 6) is -0.532. The molecule has 22 heavy (non-hydrogen) atoms. The Balaban J connectivity index is 2.16. The Morgan fingerprint density at radius 2 is 1.95 bits per heavy atom. The minimum Gasteiger partial charge on any atom is -0.325 e. The van der Waals surface area contributed by atoms with Crippen molar-refractivity contribution in [2.75, 3.05) is 5.32 Å². The molecule has 0 aliphatic heterocycles. The molecular formula is C15H12Cl2N2O3. The van der Waals surface area contributed by atoms with Crippen molar-refractivity contribution in [1.82, 2.24) is 4.57 Å². The number of amides is 1. The minimum absolute atomic E-state index is 0.0566. The Morgan fingerprint density at radius 3 is 2.64 bits per heavy atom. The number of nitrogens with one attached hydrogen (secondary N) is 1. The van der Waals surface area contributed by atoms with E-state index in [4.69, 9.17) is 23.2 Å². The number of halogens is 2. The largest absolute Gasteiger partial charge is 0.325 e. The first kappa shape index (κ1) is 16.3. The lowest BCUT2D eigenvalue weighted by Gasteiger charge is -2.09. The third-order valence-electron chi connectivity index (χ3n) is 2.88. The molecule has 0 saturated heterocycles. The second kappa shape index (κ2) is 6.77. The van der Waals surface area contributed by atoms with Gasteiger partial charge < -0.3 is 9.88 Å². The van der Waals surface area contributed by atoms with Crippen LogP contribution in [0.5, 0.6) is 0 Å². The number of Topliss-reactive ketones (excluding diaryl/α,β-unsaturated/α-hetero) is 1. The number of ketones is 1. The van der Waals surface area contributed by atoms with E-state index in [1.54, 1.807) is 24.3 Å². The molecule has 1 heterocycles. The van der Waals surface area contributed by atoms with Gasteiger partial charge in [0.2, 0.25) is 5.91 Å². The Labute approximate surface area is 136 Å². The second-order valence-electron chi connectivity index (χ2n) is 4.62. The Kier molecular flexibility index (Phi) is 5.00. The molecule has 7 heteroatoms. The molecule has 1 aromatic heterocycles. The van der Waals surface area contributed by atoms with Crippen molar-refractivity contribution in [3.63, 3.8) is 0 Å². The number of hydrogen-bond donors (Lipinski definition) is 1. The molecule has 1 N–H and O–H groups in total. The minimum atomic E-state index is -0.501. The number of benzene rings is 1. The van der Waals surface area contributed by atoms with Crippen LogP contribution in [0.4, 0.5) is 5.69 Å². The highest BCUT2D eigenvalue weighted by Gasteiger charge is 2.09. The predicted octanol–water partition coefficient (Wildman–Crippen LogP) is 3.00. The van der Waals surface area contributed by atoms with Crippen LogP contribution in [0.2, 0.25) is 10.0 Å². The van der Waals surface area contributed by atoms with E-state index in [2.05, 4.69) is 5.32 Å². The number of nitrogens with zero attached hydrogens (tertiary/aromatic N) is 1. The van der Waals surface area contributed by atoms with Crippen molar-refractivity contribution in [2.24, 2.45) is 0 Å². The van der Waals surface area contributed by atoms with Gasteiger partial charge in [0, 0.05) is 17.4 Å². The summed E-state index contributed by atoms with van der Waals surface area (Å²) in [5.41, 5.74) is 0.457. The van der Waals surface area contributed by atoms with E-state index < -0.39 is 11.5 Å². The summed E-state index contributed by atoms with van der Waals surface area (Å²) < 4.78 is 1.12. The molecule has 0 saturated carbocycles. The zero-order chi connectivity index (χ0) is 16.3. The Hall–Kier alpha value is -2.11. The molecule has 2 rings (SSSR count). The number of rotatable bonds is 4. The first-order valence-corrected chi connectivity index (χ1v) is 7.09.